The first-order chi connectivity index (χ1) is 26.9. The molecule has 3 aromatic carbocycles. The van der Waals surface area contributed by atoms with Crippen LogP contribution in [-0.2, 0) is 41.6 Å². The monoisotopic (exact) mass is 789 g/mol. The number of anilines is 2. The molecule has 3 amide bonds. The fourth-order valence-corrected chi connectivity index (χ4v) is 7.15. The number of carbonyl (C=O) groups is 5. The zero-order chi connectivity index (χ0) is 40.4. The number of nitrogens with one attached hydrogen (secondary N) is 1. The molecule has 2 atom stereocenters. The molecule has 3 aromatic rings. The molecule has 0 aliphatic carbocycles. The number of methoxy groups -OCH3 is 2. The number of aryl methyl sites for hydroxylation is 2. The van der Waals surface area contributed by atoms with Crippen LogP contribution in [0.15, 0.2) is 60.7 Å². The number of ether oxygens (including phenoxy) is 4. The number of hydrogen-bond donors (Lipinski definition) is 1. The average Bonchev–Trinajstić information content (AvgIpc) is 3.22. The van der Waals surface area contributed by atoms with Crippen LogP contribution in [0.1, 0.15) is 82.1 Å². The molecule has 12 nitrogen and oxygen atoms in total. The van der Waals surface area contributed by atoms with Crippen LogP contribution in [0, 0.1) is 5.41 Å². The van der Waals surface area contributed by atoms with E-state index in [0.717, 1.165) is 29.7 Å². The molecular formula is C43H52ClN3O9. The third-order valence-corrected chi connectivity index (χ3v) is 10.9. The first-order valence-corrected chi connectivity index (χ1v) is 19.7. The molecule has 0 spiro atoms. The lowest BCUT2D eigenvalue weighted by Gasteiger charge is -2.36. The van der Waals surface area contributed by atoms with Crippen LogP contribution in [0.2, 0.25) is 0 Å². The summed E-state index contributed by atoms with van der Waals surface area (Å²) in [5.41, 5.74) is 2.94. The molecule has 2 aliphatic heterocycles. The van der Waals surface area contributed by atoms with Crippen LogP contribution in [0.25, 0.3) is 0 Å². The number of ketones is 1. The Bertz CT molecular complexity index is 1910. The normalized spacial score (nSPS) is 15.9. The minimum Gasteiger partial charge on any atom is -0.493 e. The van der Waals surface area contributed by atoms with E-state index >= 15 is 0 Å². The Hall–Kier alpha value is -5.10. The molecule has 0 aromatic heterocycles. The van der Waals surface area contributed by atoms with Gasteiger partial charge in [-0.05, 0) is 111 Å². The number of nitrogens with zero attached hydrogens (tertiary/aromatic N) is 2. The van der Waals surface area contributed by atoms with E-state index in [2.05, 4.69) is 5.32 Å². The number of piperidine rings is 1. The van der Waals surface area contributed by atoms with Gasteiger partial charge in [-0.2, -0.15) is 0 Å². The van der Waals surface area contributed by atoms with Crippen molar-refractivity contribution in [1.29, 1.82) is 0 Å². The van der Waals surface area contributed by atoms with Gasteiger partial charge >= 0.3 is 5.97 Å². The fourth-order valence-electron chi connectivity index (χ4n) is 7.00. The van der Waals surface area contributed by atoms with E-state index in [9.17, 15) is 24.0 Å². The molecular weight excluding hydrogens is 738 g/mol. The van der Waals surface area contributed by atoms with Crippen molar-refractivity contribution in [3.05, 3.63) is 77.4 Å². The first kappa shape index (κ1) is 42.1. The molecule has 1 saturated heterocycles. The number of carbonyl (C=O) groups excluding carboxylic acids is 5. The van der Waals surface area contributed by atoms with Crippen molar-refractivity contribution in [1.82, 2.24) is 4.90 Å². The lowest BCUT2D eigenvalue weighted by atomic mass is 9.84. The summed E-state index contributed by atoms with van der Waals surface area (Å²) < 4.78 is 23.0. The number of benzene rings is 3. The van der Waals surface area contributed by atoms with E-state index < -0.39 is 41.1 Å². The van der Waals surface area contributed by atoms with Crippen molar-refractivity contribution in [3.63, 3.8) is 0 Å². The van der Waals surface area contributed by atoms with E-state index in [1.165, 1.54) is 4.90 Å². The number of fused-ring (bicyclic) bond motifs is 1. The standard InChI is InChI=1S/C43H52ClN3O9/c1-6-43(2,3)40(50)41(51)47-21-8-7-14-34(47)42(52)56-35(19-15-28-16-20-36(53-4)37(23-28)54-5)30-11-9-13-31(24-30)45-38(48)27-55-32-17-18-33-29(25-32)12-10-22-46(33)39(49)26-44/h9,11,13,16-18,20,23-25,34-35H,6-8,10,12,14-15,19,21-22,26-27H2,1-5H3,(H,45,48)/t34-,35+/m0/s1. The van der Waals surface area contributed by atoms with Gasteiger partial charge in [0.1, 0.15) is 23.8 Å². The van der Waals surface area contributed by atoms with Crippen molar-refractivity contribution >= 4 is 52.4 Å². The molecule has 0 radical (unpaired) electrons. The van der Waals surface area contributed by atoms with Crippen LogP contribution < -0.4 is 24.4 Å². The SMILES string of the molecule is CCC(C)(C)C(=O)C(=O)N1CCCC[C@H]1C(=O)O[C@H](CCc1ccc(OC)c(OC)c1)c1cccc(NC(=O)COc2ccc3c(c2)CCCN3C(=O)CCl)c1. The number of Topliss-reactive ketones (excluding diaryl/α,β-unsaturated/α-hetero) is 1. The predicted molar refractivity (Wildman–Crippen MR) is 214 cm³/mol. The molecule has 0 unspecified atom stereocenters. The highest BCUT2D eigenvalue weighted by atomic mass is 35.5. The van der Waals surface area contributed by atoms with Crippen LogP contribution in [0.3, 0.4) is 0 Å². The molecule has 0 saturated carbocycles. The zero-order valence-electron chi connectivity index (χ0n) is 32.9. The lowest BCUT2D eigenvalue weighted by Crippen LogP contribution is -2.53. The number of likely N-dealkylation sites (tertiary alicyclic amines) is 1. The highest BCUT2D eigenvalue weighted by Crippen LogP contribution is 2.34. The minimum atomic E-state index is -0.899. The number of halogens is 1. The first-order valence-electron chi connectivity index (χ1n) is 19.2. The van der Waals surface area contributed by atoms with Gasteiger partial charge in [0.25, 0.3) is 11.8 Å². The highest BCUT2D eigenvalue weighted by molar-refractivity contribution is 6.38. The summed E-state index contributed by atoms with van der Waals surface area (Å²) in [6.45, 7) is 5.97. The molecule has 0 bridgehead atoms. The third kappa shape index (κ3) is 10.2. The fraction of sp³-hybridized carbons (Fsp3) is 0.465. The van der Waals surface area contributed by atoms with E-state index in [1.807, 2.05) is 43.3 Å². The van der Waals surface area contributed by atoms with Gasteiger partial charge in [-0.3, -0.25) is 19.2 Å². The van der Waals surface area contributed by atoms with Crippen LogP contribution in [0.4, 0.5) is 11.4 Å². The summed E-state index contributed by atoms with van der Waals surface area (Å²) in [7, 11) is 3.13. The predicted octanol–water partition coefficient (Wildman–Crippen LogP) is 6.84. The molecule has 2 aliphatic rings. The highest BCUT2D eigenvalue weighted by Gasteiger charge is 2.41. The second kappa shape index (κ2) is 19.2. The number of amides is 3. The maximum absolute atomic E-state index is 14.0. The Morgan fingerprint density at radius 2 is 1.71 bits per heavy atom. The third-order valence-electron chi connectivity index (χ3n) is 10.6. The zero-order valence-corrected chi connectivity index (χ0v) is 33.6. The molecule has 2 heterocycles. The van der Waals surface area contributed by atoms with Gasteiger partial charge in [0.2, 0.25) is 11.7 Å². The average molecular weight is 790 g/mol. The van der Waals surface area contributed by atoms with Gasteiger partial charge in [-0.25, -0.2) is 4.79 Å². The Balaban J connectivity index is 1.32. The second-order valence-corrected chi connectivity index (χ2v) is 15.0. The summed E-state index contributed by atoms with van der Waals surface area (Å²) in [5, 5.41) is 2.88. The Morgan fingerprint density at radius 1 is 0.929 bits per heavy atom. The van der Waals surface area contributed by atoms with Gasteiger partial charge in [-0.15, -0.1) is 11.6 Å². The quantitative estimate of drug-likeness (QED) is 0.0938. The smallest absolute Gasteiger partial charge is 0.329 e. The molecule has 56 heavy (non-hydrogen) atoms. The number of esters is 1. The van der Waals surface area contributed by atoms with Crippen molar-refractivity contribution in [3.8, 4) is 17.2 Å². The van der Waals surface area contributed by atoms with Crippen LogP contribution in [-0.4, -0.2) is 80.2 Å². The van der Waals surface area contributed by atoms with E-state index in [0.29, 0.717) is 80.1 Å². The second-order valence-electron chi connectivity index (χ2n) is 14.8. The minimum absolute atomic E-state index is 0.0970. The van der Waals surface area contributed by atoms with Gasteiger partial charge in [-0.1, -0.05) is 39.0 Å². The van der Waals surface area contributed by atoms with E-state index in [1.54, 1.807) is 57.2 Å². The molecule has 1 N–H and O–H groups in total. The molecule has 1 fully saturated rings. The molecule has 13 heteroatoms. The lowest BCUT2D eigenvalue weighted by molar-refractivity contribution is -0.164. The van der Waals surface area contributed by atoms with Gasteiger partial charge in [0.15, 0.2) is 18.1 Å². The van der Waals surface area contributed by atoms with Crippen molar-refractivity contribution < 1.29 is 42.9 Å². The summed E-state index contributed by atoms with van der Waals surface area (Å²) in [4.78, 5) is 69.1. The Kier molecular flexibility index (Phi) is 14.4. The molecule has 300 valence electrons. The Morgan fingerprint density at radius 3 is 2.45 bits per heavy atom. The summed E-state index contributed by atoms with van der Waals surface area (Å²) in [6, 6.07) is 17.2. The maximum atomic E-state index is 14.0. The Labute approximate surface area is 333 Å². The van der Waals surface area contributed by atoms with Crippen molar-refractivity contribution in [2.75, 3.05) is 50.0 Å². The number of rotatable bonds is 16. The summed E-state index contributed by atoms with van der Waals surface area (Å²) >= 11 is 5.80. The van der Waals surface area contributed by atoms with Crippen LogP contribution >= 0.6 is 11.6 Å². The maximum Gasteiger partial charge on any atom is 0.329 e. The van der Waals surface area contributed by atoms with E-state index in [-0.39, 0.29) is 18.4 Å². The number of hydrogen-bond acceptors (Lipinski definition) is 9. The van der Waals surface area contributed by atoms with Crippen LogP contribution in [0.5, 0.6) is 17.2 Å². The topological polar surface area (TPSA) is 141 Å². The summed E-state index contributed by atoms with van der Waals surface area (Å²) in [5.74, 6) is -0.749. The number of alkyl halides is 1. The van der Waals surface area contributed by atoms with Gasteiger partial charge in [0, 0.05) is 29.9 Å². The largest absolute Gasteiger partial charge is 0.493 e. The van der Waals surface area contributed by atoms with Gasteiger partial charge < -0.3 is 34.1 Å². The van der Waals surface area contributed by atoms with Crippen molar-refractivity contribution in [2.45, 2.75) is 84.3 Å². The molecule has 5 rings (SSSR count). The van der Waals surface area contributed by atoms with E-state index in [4.69, 9.17) is 30.5 Å². The van der Waals surface area contributed by atoms with Gasteiger partial charge in [0.05, 0.1) is 14.2 Å². The summed E-state index contributed by atoms with van der Waals surface area (Å²) in [6.07, 6.45) is 3.96. The van der Waals surface area contributed by atoms with Crippen molar-refractivity contribution in [2.24, 2.45) is 5.41 Å².